The lowest BCUT2D eigenvalue weighted by Gasteiger charge is -2.36. The van der Waals surface area contributed by atoms with E-state index >= 15 is 0 Å². The number of unbranched alkanes of at least 4 members (excludes halogenated alkanes) is 6. The Morgan fingerprint density at radius 3 is 2.00 bits per heavy atom. The molecule has 0 aromatic carbocycles. The summed E-state index contributed by atoms with van der Waals surface area (Å²) in [6.45, 7) is 6.87. The van der Waals surface area contributed by atoms with Gasteiger partial charge in [0.2, 0.25) is 0 Å². The number of piperidine rings is 1. The Balaban J connectivity index is 2.31. The summed E-state index contributed by atoms with van der Waals surface area (Å²) in [5.74, 6) is 0.335. The molecule has 0 aromatic heterocycles. The lowest BCUT2D eigenvalue weighted by Crippen LogP contribution is -2.41. The minimum absolute atomic E-state index is 0.335. The molecule has 1 atom stereocenters. The van der Waals surface area contributed by atoms with Gasteiger partial charge in [-0.3, -0.25) is 0 Å². The van der Waals surface area contributed by atoms with Gasteiger partial charge in [0.15, 0.2) is 0 Å². The zero-order valence-electron chi connectivity index (χ0n) is 14.5. The van der Waals surface area contributed by atoms with Crippen molar-refractivity contribution in [2.45, 2.75) is 96.9 Å². The number of carbonyl (C=O) groups excluding carboxylic acids is 1. The zero-order valence-corrected chi connectivity index (χ0v) is 14.5. The van der Waals surface area contributed by atoms with Crippen LogP contribution >= 0.6 is 0 Å². The molecule has 1 fully saturated rings. The largest absolute Gasteiger partial charge is 0.303 e. The van der Waals surface area contributed by atoms with Gasteiger partial charge in [-0.25, -0.2) is 0 Å². The van der Waals surface area contributed by atoms with Gasteiger partial charge in [-0.15, -0.1) is 0 Å². The molecule has 0 radical (unpaired) electrons. The van der Waals surface area contributed by atoms with E-state index in [4.69, 9.17) is 0 Å². The lowest BCUT2D eigenvalue weighted by molar-refractivity contribution is -0.112. The van der Waals surface area contributed by atoms with Crippen molar-refractivity contribution in [2.24, 2.45) is 5.92 Å². The third-order valence-electron chi connectivity index (χ3n) is 5.06. The lowest BCUT2D eigenvalue weighted by atomic mass is 9.93. The summed E-state index contributed by atoms with van der Waals surface area (Å²) in [6, 6.07) is 0.783. The number of aldehydes is 1. The maximum absolute atomic E-state index is 10.9. The summed E-state index contributed by atoms with van der Waals surface area (Å²) in [6.07, 6.45) is 17.1. The van der Waals surface area contributed by atoms with E-state index in [0.29, 0.717) is 5.92 Å². The molecule has 0 saturated carbocycles. The minimum Gasteiger partial charge on any atom is -0.303 e. The molecular formula is C19H37NO. The van der Waals surface area contributed by atoms with Crippen molar-refractivity contribution in [1.82, 2.24) is 4.90 Å². The summed E-state index contributed by atoms with van der Waals surface area (Å²) >= 11 is 0. The van der Waals surface area contributed by atoms with Gasteiger partial charge in [-0.05, 0) is 38.8 Å². The van der Waals surface area contributed by atoms with E-state index in [-0.39, 0.29) is 0 Å². The molecule has 1 aliphatic heterocycles. The number of rotatable bonds is 12. The Labute approximate surface area is 132 Å². The molecule has 1 heterocycles. The first-order valence-corrected chi connectivity index (χ1v) is 9.51. The number of nitrogens with zero attached hydrogens (tertiary/aromatic N) is 1. The van der Waals surface area contributed by atoms with Gasteiger partial charge in [-0.1, -0.05) is 65.2 Å². The van der Waals surface area contributed by atoms with Crippen LogP contribution in [0.25, 0.3) is 0 Å². The highest BCUT2D eigenvalue weighted by Gasteiger charge is 2.24. The molecule has 1 unspecified atom stereocenters. The summed E-state index contributed by atoms with van der Waals surface area (Å²) < 4.78 is 0. The predicted molar refractivity (Wildman–Crippen MR) is 91.7 cm³/mol. The van der Waals surface area contributed by atoms with Gasteiger partial charge in [-0.2, -0.15) is 0 Å². The van der Waals surface area contributed by atoms with Crippen LogP contribution in [0.3, 0.4) is 0 Å². The van der Waals surface area contributed by atoms with Gasteiger partial charge in [0, 0.05) is 12.0 Å². The number of hydrogen-bond donors (Lipinski definition) is 0. The first kappa shape index (κ1) is 18.7. The Hall–Kier alpha value is -0.370. The highest BCUT2D eigenvalue weighted by molar-refractivity contribution is 5.53. The van der Waals surface area contributed by atoms with E-state index in [0.717, 1.165) is 32.0 Å². The third-order valence-corrected chi connectivity index (χ3v) is 5.06. The number of hydrogen-bond acceptors (Lipinski definition) is 2. The first-order chi connectivity index (χ1) is 10.3. The molecule has 124 valence electrons. The molecule has 0 aliphatic carbocycles. The zero-order chi connectivity index (χ0) is 15.3. The molecule has 21 heavy (non-hydrogen) atoms. The van der Waals surface area contributed by atoms with Crippen molar-refractivity contribution < 1.29 is 4.79 Å². The average molecular weight is 296 g/mol. The molecule has 1 aliphatic rings. The molecule has 0 spiro atoms. The van der Waals surface area contributed by atoms with Gasteiger partial charge < -0.3 is 9.69 Å². The summed E-state index contributed by atoms with van der Waals surface area (Å²) in [5.41, 5.74) is 0. The quantitative estimate of drug-likeness (QED) is 0.364. The fourth-order valence-electron chi connectivity index (χ4n) is 3.54. The molecule has 0 bridgehead atoms. The molecular weight excluding hydrogens is 258 g/mol. The van der Waals surface area contributed by atoms with Crippen LogP contribution in [0.15, 0.2) is 0 Å². The predicted octanol–water partition coefficient (Wildman–Crippen LogP) is 5.21. The van der Waals surface area contributed by atoms with E-state index in [1.54, 1.807) is 0 Å². The van der Waals surface area contributed by atoms with Crippen molar-refractivity contribution in [3.05, 3.63) is 0 Å². The van der Waals surface area contributed by atoms with Crippen molar-refractivity contribution in [3.63, 3.8) is 0 Å². The van der Waals surface area contributed by atoms with E-state index in [2.05, 4.69) is 18.7 Å². The van der Waals surface area contributed by atoms with Crippen molar-refractivity contribution in [2.75, 3.05) is 13.1 Å². The van der Waals surface area contributed by atoms with Crippen LogP contribution in [-0.4, -0.2) is 30.3 Å². The van der Waals surface area contributed by atoms with E-state index in [9.17, 15) is 4.79 Å². The monoisotopic (exact) mass is 295 g/mol. The Morgan fingerprint density at radius 2 is 1.43 bits per heavy atom. The highest BCUT2D eigenvalue weighted by Crippen LogP contribution is 2.23. The number of likely N-dealkylation sites (tertiary alicyclic amines) is 1. The Bertz CT molecular complexity index is 246. The van der Waals surface area contributed by atoms with Crippen molar-refractivity contribution in [1.29, 1.82) is 0 Å². The standard InChI is InChI=1S/C19H37NO/c1-3-5-7-8-10-12-19(11-9-6-4-2)20-15-13-18(17-21)14-16-20/h17-19H,3-16H2,1-2H3. The third kappa shape index (κ3) is 7.99. The summed E-state index contributed by atoms with van der Waals surface area (Å²) in [5, 5.41) is 0. The van der Waals surface area contributed by atoms with Gasteiger partial charge in [0.05, 0.1) is 0 Å². The summed E-state index contributed by atoms with van der Waals surface area (Å²) in [7, 11) is 0. The SMILES string of the molecule is CCCCCCCC(CCCCC)N1CCC(C=O)CC1. The number of carbonyl (C=O) groups is 1. The second-order valence-corrected chi connectivity index (χ2v) is 6.86. The van der Waals surface area contributed by atoms with Crippen LogP contribution in [0, 0.1) is 5.92 Å². The van der Waals surface area contributed by atoms with Crippen LogP contribution in [0.1, 0.15) is 90.9 Å². The van der Waals surface area contributed by atoms with E-state index < -0.39 is 0 Å². The fourth-order valence-corrected chi connectivity index (χ4v) is 3.54. The van der Waals surface area contributed by atoms with Crippen molar-refractivity contribution >= 4 is 6.29 Å². The molecule has 1 saturated heterocycles. The second-order valence-electron chi connectivity index (χ2n) is 6.86. The molecule has 0 amide bonds. The van der Waals surface area contributed by atoms with Gasteiger partial charge in [0.25, 0.3) is 0 Å². The minimum atomic E-state index is 0.335. The Kier molecular flexibility index (Phi) is 10.9. The van der Waals surface area contributed by atoms with Crippen LogP contribution < -0.4 is 0 Å². The smallest absolute Gasteiger partial charge is 0.123 e. The molecule has 0 aromatic rings. The first-order valence-electron chi connectivity index (χ1n) is 9.51. The second kappa shape index (κ2) is 12.2. The van der Waals surface area contributed by atoms with Gasteiger partial charge in [0.1, 0.15) is 6.29 Å². The maximum Gasteiger partial charge on any atom is 0.123 e. The van der Waals surface area contributed by atoms with Gasteiger partial charge >= 0.3 is 0 Å². The van der Waals surface area contributed by atoms with E-state index in [1.807, 2.05) is 0 Å². The molecule has 0 N–H and O–H groups in total. The highest BCUT2D eigenvalue weighted by atomic mass is 16.1. The van der Waals surface area contributed by atoms with Crippen LogP contribution in [0.5, 0.6) is 0 Å². The van der Waals surface area contributed by atoms with E-state index in [1.165, 1.54) is 70.5 Å². The fraction of sp³-hybridized carbons (Fsp3) is 0.947. The van der Waals surface area contributed by atoms with Crippen LogP contribution in [0.2, 0.25) is 0 Å². The molecule has 2 nitrogen and oxygen atoms in total. The normalized spacial score (nSPS) is 18.8. The maximum atomic E-state index is 10.9. The molecule has 1 rings (SSSR count). The topological polar surface area (TPSA) is 20.3 Å². The average Bonchev–Trinajstić information content (AvgIpc) is 2.53. The van der Waals surface area contributed by atoms with Crippen molar-refractivity contribution in [3.8, 4) is 0 Å². The summed E-state index contributed by atoms with van der Waals surface area (Å²) in [4.78, 5) is 13.6. The Morgan fingerprint density at radius 1 is 0.905 bits per heavy atom. The molecule has 2 heteroatoms. The van der Waals surface area contributed by atoms with Crippen LogP contribution in [0.4, 0.5) is 0 Å². The van der Waals surface area contributed by atoms with Crippen LogP contribution in [-0.2, 0) is 4.79 Å².